The number of nitrogens with zero attached hydrogens (tertiary/aromatic N) is 3. The number of nitrogen functional groups attached to an aromatic ring is 1. The van der Waals surface area contributed by atoms with E-state index in [2.05, 4.69) is 9.97 Å². The Hall–Kier alpha value is -2.10. The molecule has 0 unspecified atom stereocenters. The van der Waals surface area contributed by atoms with Gasteiger partial charge in [-0.3, -0.25) is 0 Å². The van der Waals surface area contributed by atoms with Crippen LogP contribution < -0.4 is 10.6 Å². The highest BCUT2D eigenvalue weighted by molar-refractivity contribution is 5.60. The van der Waals surface area contributed by atoms with Gasteiger partial charge in [0.1, 0.15) is 11.6 Å². The summed E-state index contributed by atoms with van der Waals surface area (Å²) in [4.78, 5) is 10.6. The third kappa shape index (κ3) is 2.11. The smallest absolute Gasteiger partial charge is 0.163 e. The Morgan fingerprint density at radius 2 is 1.75 bits per heavy atom. The minimum absolute atomic E-state index is 0.484. The van der Waals surface area contributed by atoms with Gasteiger partial charge in [-0.05, 0) is 0 Å². The molecular weight excluding hydrogens is 200 g/mol. The van der Waals surface area contributed by atoms with Crippen molar-refractivity contribution in [2.45, 2.75) is 0 Å². The molecule has 0 spiro atoms. The summed E-state index contributed by atoms with van der Waals surface area (Å²) in [6.45, 7) is 0. The van der Waals surface area contributed by atoms with Crippen LogP contribution in [-0.2, 0) is 0 Å². The Morgan fingerprint density at radius 3 is 2.38 bits per heavy atom. The van der Waals surface area contributed by atoms with Crippen LogP contribution in [0.3, 0.4) is 0 Å². The Kier molecular flexibility index (Phi) is 2.72. The maximum absolute atomic E-state index is 5.76. The summed E-state index contributed by atoms with van der Waals surface area (Å²) in [5, 5.41) is 0. The molecule has 16 heavy (non-hydrogen) atoms. The molecule has 0 aliphatic heterocycles. The molecule has 4 nitrogen and oxygen atoms in total. The molecule has 0 radical (unpaired) electrons. The highest BCUT2D eigenvalue weighted by Gasteiger charge is 2.05. The molecule has 0 saturated heterocycles. The largest absolute Gasteiger partial charge is 0.384 e. The fourth-order valence-electron chi connectivity index (χ4n) is 1.40. The topological polar surface area (TPSA) is 55.0 Å². The molecule has 1 aromatic carbocycles. The van der Waals surface area contributed by atoms with Crippen molar-refractivity contribution >= 4 is 11.6 Å². The molecule has 1 heterocycles. The first-order valence-corrected chi connectivity index (χ1v) is 5.04. The van der Waals surface area contributed by atoms with Crippen LogP contribution in [0.15, 0.2) is 36.4 Å². The van der Waals surface area contributed by atoms with Crippen LogP contribution in [0.5, 0.6) is 0 Å². The zero-order valence-corrected chi connectivity index (χ0v) is 9.38. The summed E-state index contributed by atoms with van der Waals surface area (Å²) in [6.07, 6.45) is 0. The van der Waals surface area contributed by atoms with Crippen LogP contribution in [-0.4, -0.2) is 24.1 Å². The number of hydrogen-bond donors (Lipinski definition) is 1. The number of nitrogens with two attached hydrogens (primary N) is 1. The number of hydrogen-bond acceptors (Lipinski definition) is 4. The molecule has 0 aliphatic rings. The van der Waals surface area contributed by atoms with Crippen molar-refractivity contribution in [2.24, 2.45) is 0 Å². The lowest BCUT2D eigenvalue weighted by Gasteiger charge is -2.12. The molecule has 0 atom stereocenters. The average molecular weight is 214 g/mol. The SMILES string of the molecule is CN(C)c1cc(N)nc(-c2ccccc2)n1. The van der Waals surface area contributed by atoms with Gasteiger partial charge >= 0.3 is 0 Å². The van der Waals surface area contributed by atoms with Crippen molar-refractivity contribution in [1.29, 1.82) is 0 Å². The van der Waals surface area contributed by atoms with E-state index in [1.165, 1.54) is 0 Å². The third-order valence-electron chi connectivity index (χ3n) is 2.22. The molecule has 0 fully saturated rings. The average Bonchev–Trinajstić information content (AvgIpc) is 2.29. The van der Waals surface area contributed by atoms with E-state index >= 15 is 0 Å². The first-order chi connectivity index (χ1) is 7.66. The number of rotatable bonds is 2. The molecule has 2 aromatic rings. The molecule has 1 aromatic heterocycles. The maximum atomic E-state index is 5.76. The molecule has 2 N–H and O–H groups in total. The second-order valence-electron chi connectivity index (χ2n) is 3.74. The maximum Gasteiger partial charge on any atom is 0.163 e. The van der Waals surface area contributed by atoms with Gasteiger partial charge < -0.3 is 10.6 Å². The lowest BCUT2D eigenvalue weighted by atomic mass is 10.2. The lowest BCUT2D eigenvalue weighted by Crippen LogP contribution is -2.12. The minimum atomic E-state index is 0.484. The van der Waals surface area contributed by atoms with Crippen LogP contribution in [0.4, 0.5) is 11.6 Å². The van der Waals surface area contributed by atoms with Gasteiger partial charge in [0.05, 0.1) is 0 Å². The van der Waals surface area contributed by atoms with E-state index in [0.29, 0.717) is 11.6 Å². The fourth-order valence-corrected chi connectivity index (χ4v) is 1.40. The summed E-state index contributed by atoms with van der Waals surface area (Å²) < 4.78 is 0. The molecule has 0 bridgehead atoms. The summed E-state index contributed by atoms with van der Waals surface area (Å²) in [5.74, 6) is 1.95. The Morgan fingerprint density at radius 1 is 1.06 bits per heavy atom. The van der Waals surface area contributed by atoms with Crippen LogP contribution in [0.1, 0.15) is 0 Å². The standard InChI is InChI=1S/C12H14N4/c1-16(2)11-8-10(13)14-12(15-11)9-6-4-3-5-7-9/h3-8H,1-2H3,(H2,13,14,15). The van der Waals surface area contributed by atoms with Crippen molar-refractivity contribution in [3.05, 3.63) is 36.4 Å². The van der Waals surface area contributed by atoms with Gasteiger partial charge in [-0.1, -0.05) is 30.3 Å². The molecule has 4 heteroatoms. The summed E-state index contributed by atoms with van der Waals surface area (Å²) >= 11 is 0. The van der Waals surface area contributed by atoms with Crippen molar-refractivity contribution in [3.8, 4) is 11.4 Å². The van der Waals surface area contributed by atoms with Gasteiger partial charge in [-0.2, -0.15) is 0 Å². The third-order valence-corrected chi connectivity index (χ3v) is 2.22. The second-order valence-corrected chi connectivity index (χ2v) is 3.74. The lowest BCUT2D eigenvalue weighted by molar-refractivity contribution is 1.05. The van der Waals surface area contributed by atoms with E-state index in [9.17, 15) is 0 Å². The van der Waals surface area contributed by atoms with Crippen LogP contribution in [0, 0.1) is 0 Å². The van der Waals surface area contributed by atoms with E-state index in [1.54, 1.807) is 6.07 Å². The summed E-state index contributed by atoms with van der Waals surface area (Å²) in [7, 11) is 3.85. The molecular formula is C12H14N4. The quantitative estimate of drug-likeness (QED) is 0.828. The van der Waals surface area contributed by atoms with Gasteiger partial charge in [-0.25, -0.2) is 9.97 Å². The molecule has 82 valence electrons. The number of benzene rings is 1. The van der Waals surface area contributed by atoms with E-state index in [1.807, 2.05) is 49.3 Å². The molecule has 2 rings (SSSR count). The number of anilines is 2. The van der Waals surface area contributed by atoms with E-state index in [4.69, 9.17) is 5.73 Å². The van der Waals surface area contributed by atoms with Gasteiger partial charge in [0.15, 0.2) is 5.82 Å². The molecule has 0 amide bonds. The van der Waals surface area contributed by atoms with Crippen LogP contribution >= 0.6 is 0 Å². The Labute approximate surface area is 94.8 Å². The first-order valence-electron chi connectivity index (χ1n) is 5.04. The highest BCUT2D eigenvalue weighted by Crippen LogP contribution is 2.19. The van der Waals surface area contributed by atoms with Crippen molar-refractivity contribution in [1.82, 2.24) is 9.97 Å². The fraction of sp³-hybridized carbons (Fsp3) is 0.167. The monoisotopic (exact) mass is 214 g/mol. The Balaban J connectivity index is 2.50. The van der Waals surface area contributed by atoms with Crippen molar-refractivity contribution < 1.29 is 0 Å². The van der Waals surface area contributed by atoms with E-state index in [0.717, 1.165) is 11.4 Å². The second kappa shape index (κ2) is 4.18. The molecule has 0 saturated carbocycles. The van der Waals surface area contributed by atoms with Crippen LogP contribution in [0.2, 0.25) is 0 Å². The van der Waals surface area contributed by atoms with Crippen LogP contribution in [0.25, 0.3) is 11.4 Å². The van der Waals surface area contributed by atoms with Gasteiger partial charge in [0, 0.05) is 25.7 Å². The highest BCUT2D eigenvalue weighted by atomic mass is 15.2. The normalized spacial score (nSPS) is 10.1. The van der Waals surface area contributed by atoms with E-state index < -0.39 is 0 Å². The van der Waals surface area contributed by atoms with E-state index in [-0.39, 0.29) is 0 Å². The molecule has 0 aliphatic carbocycles. The first kappa shape index (κ1) is 10.4. The zero-order chi connectivity index (χ0) is 11.5. The number of aromatic nitrogens is 2. The zero-order valence-electron chi connectivity index (χ0n) is 9.38. The van der Waals surface area contributed by atoms with Gasteiger partial charge in [0.25, 0.3) is 0 Å². The summed E-state index contributed by atoms with van der Waals surface area (Å²) in [6, 6.07) is 11.6. The van der Waals surface area contributed by atoms with Crippen molar-refractivity contribution in [2.75, 3.05) is 24.7 Å². The van der Waals surface area contributed by atoms with Gasteiger partial charge in [0.2, 0.25) is 0 Å². The summed E-state index contributed by atoms with van der Waals surface area (Å²) in [5.41, 5.74) is 6.73. The predicted molar refractivity (Wildman–Crippen MR) is 66.2 cm³/mol. The van der Waals surface area contributed by atoms with Gasteiger partial charge in [-0.15, -0.1) is 0 Å². The predicted octanol–water partition coefficient (Wildman–Crippen LogP) is 1.79. The van der Waals surface area contributed by atoms with Crippen molar-refractivity contribution in [3.63, 3.8) is 0 Å². The minimum Gasteiger partial charge on any atom is -0.384 e. The Bertz CT molecular complexity index is 480.